The van der Waals surface area contributed by atoms with Crippen molar-refractivity contribution in [1.29, 1.82) is 0 Å². The van der Waals surface area contributed by atoms with E-state index >= 15 is 0 Å². The molecule has 112 valence electrons. The average Bonchev–Trinajstić information content (AvgIpc) is 2.42. The smallest absolute Gasteiger partial charge is 0.417 e. The van der Waals surface area contributed by atoms with E-state index in [1.54, 1.807) is 12.1 Å². The maximum atomic E-state index is 12.2. The van der Waals surface area contributed by atoms with Gasteiger partial charge in [-0.15, -0.1) is 0 Å². The van der Waals surface area contributed by atoms with E-state index in [0.29, 0.717) is 5.75 Å². The van der Waals surface area contributed by atoms with Crippen LogP contribution in [0.25, 0.3) is 0 Å². The van der Waals surface area contributed by atoms with Gasteiger partial charge < -0.3 is 15.2 Å². The first-order valence-electron chi connectivity index (χ1n) is 6.59. The quantitative estimate of drug-likeness (QED) is 0.895. The van der Waals surface area contributed by atoms with Crippen LogP contribution in [0, 0.1) is 0 Å². The fraction of sp³-hybridized carbons (Fsp3) is 0.571. The third-order valence-electron chi connectivity index (χ3n) is 3.57. The SMILES string of the molecule is CNC1CCCc2ccc(OCC(O)C(F)(F)F)cc21. The van der Waals surface area contributed by atoms with Gasteiger partial charge >= 0.3 is 6.18 Å². The van der Waals surface area contributed by atoms with Crippen molar-refractivity contribution < 1.29 is 23.0 Å². The van der Waals surface area contributed by atoms with Crippen LogP contribution in [0.2, 0.25) is 0 Å². The molecule has 0 aliphatic heterocycles. The molecule has 0 amide bonds. The summed E-state index contributed by atoms with van der Waals surface area (Å²) in [5.74, 6) is 0.356. The van der Waals surface area contributed by atoms with Gasteiger partial charge in [-0.05, 0) is 49.6 Å². The number of aliphatic hydroxyl groups excluding tert-OH is 1. The molecule has 20 heavy (non-hydrogen) atoms. The highest BCUT2D eigenvalue weighted by Crippen LogP contribution is 2.32. The predicted molar refractivity (Wildman–Crippen MR) is 68.7 cm³/mol. The number of hydrogen-bond acceptors (Lipinski definition) is 3. The van der Waals surface area contributed by atoms with Crippen molar-refractivity contribution in [2.24, 2.45) is 0 Å². The van der Waals surface area contributed by atoms with Crippen molar-refractivity contribution in [2.75, 3.05) is 13.7 Å². The zero-order valence-electron chi connectivity index (χ0n) is 11.2. The Morgan fingerprint density at radius 3 is 2.85 bits per heavy atom. The lowest BCUT2D eigenvalue weighted by Crippen LogP contribution is -2.34. The van der Waals surface area contributed by atoms with Crippen molar-refractivity contribution in [3.63, 3.8) is 0 Å². The maximum Gasteiger partial charge on any atom is 0.417 e. The summed E-state index contributed by atoms with van der Waals surface area (Å²) in [7, 11) is 1.86. The lowest BCUT2D eigenvalue weighted by atomic mass is 9.87. The molecule has 2 N–H and O–H groups in total. The summed E-state index contributed by atoms with van der Waals surface area (Å²) < 4.78 is 41.7. The molecule has 1 aromatic carbocycles. The molecule has 0 aromatic heterocycles. The fourth-order valence-electron chi connectivity index (χ4n) is 2.44. The molecule has 0 radical (unpaired) electrons. The van der Waals surface area contributed by atoms with E-state index in [2.05, 4.69) is 5.32 Å². The number of nitrogens with one attached hydrogen (secondary N) is 1. The summed E-state index contributed by atoms with van der Waals surface area (Å²) >= 11 is 0. The van der Waals surface area contributed by atoms with Crippen LogP contribution in [0.1, 0.15) is 30.0 Å². The van der Waals surface area contributed by atoms with Crippen molar-refractivity contribution in [1.82, 2.24) is 5.32 Å². The van der Waals surface area contributed by atoms with Gasteiger partial charge in [-0.3, -0.25) is 0 Å². The Morgan fingerprint density at radius 1 is 1.45 bits per heavy atom. The molecule has 1 aliphatic rings. The zero-order valence-corrected chi connectivity index (χ0v) is 11.2. The van der Waals surface area contributed by atoms with E-state index in [-0.39, 0.29) is 6.04 Å². The summed E-state index contributed by atoms with van der Waals surface area (Å²) in [5, 5.41) is 12.1. The maximum absolute atomic E-state index is 12.2. The van der Waals surface area contributed by atoms with Gasteiger partial charge in [0.15, 0.2) is 6.10 Å². The normalized spacial score (nSPS) is 20.4. The van der Waals surface area contributed by atoms with Crippen LogP contribution in [0.3, 0.4) is 0 Å². The monoisotopic (exact) mass is 289 g/mol. The summed E-state index contributed by atoms with van der Waals surface area (Å²) in [5.41, 5.74) is 2.26. The lowest BCUT2D eigenvalue weighted by molar-refractivity contribution is -0.210. The lowest BCUT2D eigenvalue weighted by Gasteiger charge is -2.26. The van der Waals surface area contributed by atoms with E-state index in [1.807, 2.05) is 13.1 Å². The van der Waals surface area contributed by atoms with Crippen molar-refractivity contribution in [3.8, 4) is 5.75 Å². The molecule has 2 atom stereocenters. The second-order valence-electron chi connectivity index (χ2n) is 4.96. The summed E-state index contributed by atoms with van der Waals surface area (Å²) in [6.07, 6.45) is -4.05. The molecular weight excluding hydrogens is 271 g/mol. The van der Waals surface area contributed by atoms with Gasteiger partial charge in [0, 0.05) is 6.04 Å². The Kier molecular flexibility index (Phi) is 4.55. The Morgan fingerprint density at radius 2 is 2.20 bits per heavy atom. The molecule has 6 heteroatoms. The fourth-order valence-corrected chi connectivity index (χ4v) is 2.44. The second kappa shape index (κ2) is 6.01. The number of fused-ring (bicyclic) bond motifs is 1. The minimum Gasteiger partial charge on any atom is -0.491 e. The van der Waals surface area contributed by atoms with Crippen LogP contribution >= 0.6 is 0 Å². The van der Waals surface area contributed by atoms with E-state index in [9.17, 15) is 13.2 Å². The molecule has 2 rings (SSSR count). The van der Waals surface area contributed by atoms with E-state index in [1.165, 1.54) is 5.56 Å². The van der Waals surface area contributed by atoms with Crippen LogP contribution in [0.4, 0.5) is 13.2 Å². The number of benzene rings is 1. The highest BCUT2D eigenvalue weighted by atomic mass is 19.4. The van der Waals surface area contributed by atoms with Gasteiger partial charge in [-0.2, -0.15) is 13.2 Å². The molecule has 0 heterocycles. The van der Waals surface area contributed by atoms with E-state index < -0.39 is 18.9 Å². The number of rotatable bonds is 4. The van der Waals surface area contributed by atoms with Crippen LogP contribution < -0.4 is 10.1 Å². The van der Waals surface area contributed by atoms with Gasteiger partial charge in [0.2, 0.25) is 0 Å². The Hall–Kier alpha value is -1.27. The molecule has 2 unspecified atom stereocenters. The first-order valence-corrected chi connectivity index (χ1v) is 6.59. The highest BCUT2D eigenvalue weighted by Gasteiger charge is 2.38. The number of hydrogen-bond donors (Lipinski definition) is 2. The minimum atomic E-state index is -4.65. The minimum absolute atomic E-state index is 0.204. The number of halogens is 3. The van der Waals surface area contributed by atoms with Crippen LogP contribution in [0.5, 0.6) is 5.75 Å². The second-order valence-corrected chi connectivity index (χ2v) is 4.96. The molecule has 1 aliphatic carbocycles. The first-order chi connectivity index (χ1) is 9.41. The topological polar surface area (TPSA) is 41.5 Å². The van der Waals surface area contributed by atoms with Crippen molar-refractivity contribution >= 4 is 0 Å². The Bertz CT molecular complexity index is 462. The Balaban J connectivity index is 2.07. The summed E-state index contributed by atoms with van der Waals surface area (Å²) in [6, 6.07) is 5.50. The molecule has 0 fully saturated rings. The van der Waals surface area contributed by atoms with E-state index in [0.717, 1.165) is 24.8 Å². The summed E-state index contributed by atoms with van der Waals surface area (Å²) in [6.45, 7) is -0.785. The molecule has 0 saturated heterocycles. The number of aliphatic hydroxyl groups is 1. The van der Waals surface area contributed by atoms with Crippen LogP contribution in [-0.4, -0.2) is 31.0 Å². The molecule has 1 aromatic rings. The van der Waals surface area contributed by atoms with Gasteiger partial charge in [0.1, 0.15) is 12.4 Å². The number of alkyl halides is 3. The Labute approximate surface area is 115 Å². The summed E-state index contributed by atoms with van der Waals surface area (Å²) in [4.78, 5) is 0. The van der Waals surface area contributed by atoms with E-state index in [4.69, 9.17) is 9.84 Å². The molecule has 0 bridgehead atoms. The van der Waals surface area contributed by atoms with Gasteiger partial charge in [0.05, 0.1) is 0 Å². The van der Waals surface area contributed by atoms with Gasteiger partial charge in [-0.25, -0.2) is 0 Å². The molecule has 0 spiro atoms. The number of aryl methyl sites for hydroxylation is 1. The van der Waals surface area contributed by atoms with Crippen molar-refractivity contribution in [3.05, 3.63) is 29.3 Å². The van der Waals surface area contributed by atoms with Gasteiger partial charge in [-0.1, -0.05) is 6.07 Å². The number of ether oxygens (including phenoxy) is 1. The largest absolute Gasteiger partial charge is 0.491 e. The average molecular weight is 289 g/mol. The van der Waals surface area contributed by atoms with Crippen LogP contribution in [0.15, 0.2) is 18.2 Å². The highest BCUT2D eigenvalue weighted by molar-refractivity contribution is 5.39. The van der Waals surface area contributed by atoms with Crippen LogP contribution in [-0.2, 0) is 6.42 Å². The third kappa shape index (κ3) is 3.43. The van der Waals surface area contributed by atoms with Gasteiger partial charge in [0.25, 0.3) is 0 Å². The third-order valence-corrected chi connectivity index (χ3v) is 3.57. The first kappa shape index (κ1) is 15.1. The molecule has 0 saturated carbocycles. The predicted octanol–water partition coefficient (Wildman–Crippen LogP) is 2.59. The molecule has 3 nitrogen and oxygen atoms in total. The standard InChI is InChI=1S/C14H18F3NO2/c1-18-12-4-2-3-9-5-6-10(7-11(9)12)20-8-13(19)14(15,16)17/h5-7,12-13,18-19H,2-4,8H2,1H3. The molecular formula is C14H18F3NO2. The van der Waals surface area contributed by atoms with Crippen molar-refractivity contribution in [2.45, 2.75) is 37.6 Å². The zero-order chi connectivity index (χ0) is 14.8.